The van der Waals surface area contributed by atoms with E-state index in [1.807, 2.05) is 0 Å². The Labute approximate surface area is 118 Å². The Morgan fingerprint density at radius 3 is 2.19 bits per heavy atom. The van der Waals surface area contributed by atoms with Crippen molar-refractivity contribution < 1.29 is 28.0 Å². The van der Waals surface area contributed by atoms with E-state index in [2.05, 4.69) is 0 Å². The molecule has 88 valence electrons. The Hall–Kier alpha value is -0.140. The van der Waals surface area contributed by atoms with E-state index in [0.717, 1.165) is 6.07 Å². The molecule has 0 unspecified atom stereocenters. The standard InChI is InChI=1S/C7H4I2O6S/c8-3-1-2(7(11)12)5(10)4(9)6(3)16(13,14)15/h1,10H,(H,11,12)(H,13,14,15). The van der Waals surface area contributed by atoms with E-state index >= 15 is 0 Å². The molecule has 0 fully saturated rings. The summed E-state index contributed by atoms with van der Waals surface area (Å²) in [6.07, 6.45) is 0. The fraction of sp³-hybridized carbons (Fsp3) is 0. The minimum atomic E-state index is -4.50. The zero-order valence-corrected chi connectivity index (χ0v) is 12.4. The molecular formula is C7H4I2O6S. The highest BCUT2D eigenvalue weighted by Crippen LogP contribution is 2.34. The van der Waals surface area contributed by atoms with Crippen LogP contribution < -0.4 is 0 Å². The van der Waals surface area contributed by atoms with Crippen molar-refractivity contribution in [1.82, 2.24) is 0 Å². The number of hydrogen-bond acceptors (Lipinski definition) is 4. The first-order valence-electron chi connectivity index (χ1n) is 3.58. The summed E-state index contributed by atoms with van der Waals surface area (Å²) in [5.74, 6) is -2.06. The molecule has 0 aliphatic heterocycles. The van der Waals surface area contributed by atoms with E-state index < -0.39 is 32.3 Å². The van der Waals surface area contributed by atoms with Crippen molar-refractivity contribution in [1.29, 1.82) is 0 Å². The maximum Gasteiger partial charge on any atom is 0.339 e. The molecule has 0 aliphatic rings. The molecule has 6 nitrogen and oxygen atoms in total. The van der Waals surface area contributed by atoms with Gasteiger partial charge in [-0.1, -0.05) is 0 Å². The maximum absolute atomic E-state index is 11.0. The first-order chi connectivity index (χ1) is 7.16. The van der Waals surface area contributed by atoms with Gasteiger partial charge in [-0.05, 0) is 51.2 Å². The average Bonchev–Trinajstić information content (AvgIpc) is 2.08. The van der Waals surface area contributed by atoms with Crippen LogP contribution >= 0.6 is 45.2 Å². The summed E-state index contributed by atoms with van der Waals surface area (Å²) in [4.78, 5) is 10.2. The Morgan fingerprint density at radius 1 is 1.31 bits per heavy atom. The highest BCUT2D eigenvalue weighted by atomic mass is 127. The number of carboxylic acids is 1. The summed E-state index contributed by atoms with van der Waals surface area (Å²) in [6.45, 7) is 0. The van der Waals surface area contributed by atoms with Gasteiger partial charge in [0.25, 0.3) is 10.1 Å². The van der Waals surface area contributed by atoms with Gasteiger partial charge in [-0.25, -0.2) is 4.79 Å². The third-order valence-electron chi connectivity index (χ3n) is 1.64. The molecule has 0 aliphatic carbocycles. The predicted molar refractivity (Wildman–Crippen MR) is 70.3 cm³/mol. The summed E-state index contributed by atoms with van der Waals surface area (Å²) in [5.41, 5.74) is -0.416. The van der Waals surface area contributed by atoms with Crippen LogP contribution in [0.4, 0.5) is 0 Å². The van der Waals surface area contributed by atoms with E-state index in [1.54, 1.807) is 22.6 Å². The molecule has 1 aromatic rings. The number of aromatic hydroxyl groups is 1. The summed E-state index contributed by atoms with van der Waals surface area (Å²) in [7, 11) is -4.50. The molecule has 0 saturated carbocycles. The highest BCUT2D eigenvalue weighted by molar-refractivity contribution is 14.1. The van der Waals surface area contributed by atoms with E-state index in [0.29, 0.717) is 0 Å². The second kappa shape index (κ2) is 4.62. The number of hydrogen-bond donors (Lipinski definition) is 3. The first kappa shape index (κ1) is 13.9. The summed E-state index contributed by atoms with van der Waals surface area (Å²) < 4.78 is 30.7. The molecule has 0 radical (unpaired) electrons. The van der Waals surface area contributed by atoms with Crippen molar-refractivity contribution in [3.8, 4) is 5.75 Å². The number of phenols is 1. The quantitative estimate of drug-likeness (QED) is 0.447. The topological polar surface area (TPSA) is 112 Å². The molecular weight excluding hydrogens is 466 g/mol. The van der Waals surface area contributed by atoms with Crippen molar-refractivity contribution in [3.63, 3.8) is 0 Å². The summed E-state index contributed by atoms with van der Waals surface area (Å²) in [5, 5.41) is 18.2. The Bertz CT molecular complexity index is 565. The van der Waals surface area contributed by atoms with Gasteiger partial charge in [0, 0.05) is 3.57 Å². The van der Waals surface area contributed by atoms with Crippen molar-refractivity contribution >= 4 is 61.3 Å². The van der Waals surface area contributed by atoms with Gasteiger partial charge in [-0.2, -0.15) is 8.42 Å². The zero-order valence-electron chi connectivity index (χ0n) is 7.31. The third kappa shape index (κ3) is 2.57. The van der Waals surface area contributed by atoms with Gasteiger partial charge in [0.05, 0.1) is 3.57 Å². The minimum Gasteiger partial charge on any atom is -0.506 e. The van der Waals surface area contributed by atoms with Gasteiger partial charge in [-0.15, -0.1) is 0 Å². The van der Waals surface area contributed by atoms with Crippen molar-refractivity contribution in [2.45, 2.75) is 4.90 Å². The van der Waals surface area contributed by atoms with Crippen LogP contribution in [0.25, 0.3) is 0 Å². The molecule has 0 aromatic heterocycles. The molecule has 0 atom stereocenters. The van der Waals surface area contributed by atoms with Crippen LogP contribution in [-0.4, -0.2) is 29.2 Å². The third-order valence-corrected chi connectivity index (χ3v) is 5.21. The molecule has 9 heteroatoms. The largest absolute Gasteiger partial charge is 0.506 e. The van der Waals surface area contributed by atoms with Crippen LogP contribution in [0, 0.1) is 7.14 Å². The molecule has 0 bridgehead atoms. The molecule has 0 saturated heterocycles. The molecule has 1 aromatic carbocycles. The van der Waals surface area contributed by atoms with Crippen molar-refractivity contribution in [3.05, 3.63) is 18.8 Å². The van der Waals surface area contributed by atoms with Crippen LogP contribution in [0.2, 0.25) is 0 Å². The van der Waals surface area contributed by atoms with Crippen molar-refractivity contribution in [2.75, 3.05) is 0 Å². The number of rotatable bonds is 2. The smallest absolute Gasteiger partial charge is 0.339 e. The van der Waals surface area contributed by atoms with Crippen LogP contribution in [0.5, 0.6) is 5.75 Å². The van der Waals surface area contributed by atoms with Crippen LogP contribution in [-0.2, 0) is 10.1 Å². The molecule has 0 spiro atoms. The lowest BCUT2D eigenvalue weighted by molar-refractivity contribution is 0.0693. The van der Waals surface area contributed by atoms with Gasteiger partial charge < -0.3 is 10.2 Å². The highest BCUT2D eigenvalue weighted by Gasteiger charge is 2.25. The monoisotopic (exact) mass is 470 g/mol. The SMILES string of the molecule is O=C(O)c1cc(I)c(S(=O)(=O)O)c(I)c1O. The Morgan fingerprint density at radius 2 is 1.81 bits per heavy atom. The average molecular weight is 470 g/mol. The summed E-state index contributed by atoms with van der Waals surface area (Å²) >= 11 is 3.03. The lowest BCUT2D eigenvalue weighted by atomic mass is 10.2. The van der Waals surface area contributed by atoms with E-state index in [1.165, 1.54) is 22.6 Å². The Kier molecular flexibility index (Phi) is 4.02. The lowest BCUT2D eigenvalue weighted by Crippen LogP contribution is -2.08. The number of carboxylic acid groups (broad SMARTS) is 1. The van der Waals surface area contributed by atoms with E-state index in [4.69, 9.17) is 9.66 Å². The van der Waals surface area contributed by atoms with Crippen molar-refractivity contribution in [2.24, 2.45) is 0 Å². The van der Waals surface area contributed by atoms with E-state index in [-0.39, 0.29) is 7.14 Å². The van der Waals surface area contributed by atoms with Gasteiger partial charge in [-0.3, -0.25) is 4.55 Å². The zero-order chi connectivity index (χ0) is 12.7. The molecule has 1 rings (SSSR count). The second-order valence-electron chi connectivity index (χ2n) is 2.68. The number of aromatic carboxylic acids is 1. The van der Waals surface area contributed by atoms with Gasteiger partial charge in [0.1, 0.15) is 16.2 Å². The second-order valence-corrected chi connectivity index (χ2v) is 6.28. The van der Waals surface area contributed by atoms with E-state index in [9.17, 15) is 18.3 Å². The van der Waals surface area contributed by atoms with Crippen LogP contribution in [0.3, 0.4) is 0 Å². The molecule has 3 N–H and O–H groups in total. The fourth-order valence-electron chi connectivity index (χ4n) is 0.991. The summed E-state index contributed by atoms with van der Waals surface area (Å²) in [6, 6.07) is 0.976. The van der Waals surface area contributed by atoms with Gasteiger partial charge in [0.15, 0.2) is 0 Å². The molecule has 16 heavy (non-hydrogen) atoms. The molecule has 0 heterocycles. The van der Waals surface area contributed by atoms with Gasteiger partial charge >= 0.3 is 5.97 Å². The number of benzene rings is 1. The minimum absolute atomic E-state index is 0.0275. The first-order valence-corrected chi connectivity index (χ1v) is 7.17. The number of halogens is 2. The van der Waals surface area contributed by atoms with Crippen LogP contribution in [0.15, 0.2) is 11.0 Å². The fourth-order valence-corrected chi connectivity index (χ4v) is 4.97. The lowest BCUT2D eigenvalue weighted by Gasteiger charge is -2.08. The van der Waals surface area contributed by atoms with Gasteiger partial charge in [0.2, 0.25) is 0 Å². The predicted octanol–water partition coefficient (Wildman–Crippen LogP) is 1.55. The maximum atomic E-state index is 11.0. The normalized spacial score (nSPS) is 11.4. The number of carbonyl (C=O) groups is 1. The molecule has 0 amide bonds. The Balaban J connectivity index is 3.73. The van der Waals surface area contributed by atoms with Crippen LogP contribution in [0.1, 0.15) is 10.4 Å².